The summed E-state index contributed by atoms with van der Waals surface area (Å²) < 4.78 is 1.96. The van der Waals surface area contributed by atoms with Crippen molar-refractivity contribution in [2.24, 2.45) is 12.8 Å². The standard InChI is InChI=1S/C12H20N4O.ClH/c1-15-9-6-14-11(15)2-3-12(17)16-7-4-10(13)5-8-16;/h6,9-10H,2-5,7-8,13H2,1H3;1H. The maximum atomic E-state index is 12.0. The molecule has 0 unspecified atom stereocenters. The summed E-state index contributed by atoms with van der Waals surface area (Å²) in [6.45, 7) is 1.61. The number of likely N-dealkylation sites (tertiary alicyclic amines) is 1. The Bertz CT molecular complexity index is 385. The number of carbonyl (C=O) groups excluding carboxylic acids is 1. The summed E-state index contributed by atoms with van der Waals surface area (Å²) in [4.78, 5) is 18.1. The first-order chi connectivity index (χ1) is 8.16. The van der Waals surface area contributed by atoms with E-state index in [4.69, 9.17) is 5.73 Å². The van der Waals surface area contributed by atoms with E-state index in [1.807, 2.05) is 22.7 Å². The smallest absolute Gasteiger partial charge is 0.223 e. The van der Waals surface area contributed by atoms with E-state index in [-0.39, 0.29) is 24.4 Å². The average molecular weight is 273 g/mol. The van der Waals surface area contributed by atoms with Gasteiger partial charge in [0, 0.05) is 51.4 Å². The van der Waals surface area contributed by atoms with E-state index in [0.29, 0.717) is 12.8 Å². The molecule has 0 atom stereocenters. The van der Waals surface area contributed by atoms with Gasteiger partial charge in [-0.15, -0.1) is 12.4 Å². The van der Waals surface area contributed by atoms with E-state index in [1.54, 1.807) is 6.20 Å². The molecule has 1 amide bonds. The van der Waals surface area contributed by atoms with Gasteiger partial charge in [0.05, 0.1) is 0 Å². The minimum absolute atomic E-state index is 0. The minimum atomic E-state index is 0. The second-order valence-corrected chi connectivity index (χ2v) is 4.67. The van der Waals surface area contributed by atoms with Crippen LogP contribution in [0.1, 0.15) is 25.1 Å². The number of nitrogens with zero attached hydrogens (tertiary/aromatic N) is 3. The Morgan fingerprint density at radius 3 is 2.72 bits per heavy atom. The Labute approximate surface area is 114 Å². The molecule has 1 aromatic rings. The molecule has 102 valence electrons. The molecule has 1 aromatic heterocycles. The number of amides is 1. The van der Waals surface area contributed by atoms with Crippen LogP contribution in [0.15, 0.2) is 12.4 Å². The van der Waals surface area contributed by atoms with E-state index in [1.165, 1.54) is 0 Å². The molecule has 2 N–H and O–H groups in total. The number of nitrogens with two attached hydrogens (primary N) is 1. The summed E-state index contributed by atoms with van der Waals surface area (Å²) in [5.41, 5.74) is 5.82. The molecule has 2 heterocycles. The molecule has 0 radical (unpaired) electrons. The molecule has 5 nitrogen and oxygen atoms in total. The average Bonchev–Trinajstić information content (AvgIpc) is 2.73. The Morgan fingerprint density at radius 2 is 2.17 bits per heavy atom. The number of imidazole rings is 1. The second kappa shape index (κ2) is 6.75. The minimum Gasteiger partial charge on any atom is -0.343 e. The van der Waals surface area contributed by atoms with Gasteiger partial charge in [-0.2, -0.15) is 0 Å². The predicted octanol–water partition coefficient (Wildman–Crippen LogP) is 0.724. The quantitative estimate of drug-likeness (QED) is 0.882. The van der Waals surface area contributed by atoms with Crippen molar-refractivity contribution < 1.29 is 4.79 Å². The molecule has 1 fully saturated rings. The van der Waals surface area contributed by atoms with Gasteiger partial charge in [-0.1, -0.05) is 0 Å². The summed E-state index contributed by atoms with van der Waals surface area (Å²) in [6, 6.07) is 0.272. The Hall–Kier alpha value is -1.07. The summed E-state index contributed by atoms with van der Waals surface area (Å²) in [7, 11) is 1.95. The van der Waals surface area contributed by atoms with Gasteiger partial charge >= 0.3 is 0 Å². The number of rotatable bonds is 3. The lowest BCUT2D eigenvalue weighted by Gasteiger charge is -2.30. The third-order valence-electron chi connectivity index (χ3n) is 3.38. The van der Waals surface area contributed by atoms with Crippen LogP contribution in [-0.2, 0) is 18.3 Å². The molecular formula is C12H21ClN4O. The topological polar surface area (TPSA) is 64.2 Å². The van der Waals surface area contributed by atoms with E-state index in [0.717, 1.165) is 31.8 Å². The van der Waals surface area contributed by atoms with Crippen LogP contribution >= 0.6 is 12.4 Å². The third-order valence-corrected chi connectivity index (χ3v) is 3.38. The van der Waals surface area contributed by atoms with Gasteiger partial charge in [-0.05, 0) is 12.8 Å². The zero-order chi connectivity index (χ0) is 12.3. The lowest BCUT2D eigenvalue weighted by Crippen LogP contribution is -2.42. The normalized spacial score (nSPS) is 16.4. The van der Waals surface area contributed by atoms with Gasteiger partial charge in [0.2, 0.25) is 5.91 Å². The van der Waals surface area contributed by atoms with Crippen molar-refractivity contribution in [3.05, 3.63) is 18.2 Å². The second-order valence-electron chi connectivity index (χ2n) is 4.67. The van der Waals surface area contributed by atoms with E-state index in [2.05, 4.69) is 4.98 Å². The number of halogens is 1. The van der Waals surface area contributed by atoms with Crippen molar-refractivity contribution in [3.63, 3.8) is 0 Å². The van der Waals surface area contributed by atoms with Crippen LogP contribution in [0.5, 0.6) is 0 Å². The van der Waals surface area contributed by atoms with Crippen LogP contribution in [-0.4, -0.2) is 39.5 Å². The van der Waals surface area contributed by atoms with Crippen molar-refractivity contribution in [2.45, 2.75) is 31.7 Å². The third kappa shape index (κ3) is 3.71. The molecule has 0 bridgehead atoms. The van der Waals surface area contributed by atoms with Crippen molar-refractivity contribution in [2.75, 3.05) is 13.1 Å². The molecule has 0 saturated carbocycles. The first-order valence-corrected chi connectivity index (χ1v) is 6.16. The molecule has 6 heteroatoms. The number of carbonyl (C=O) groups is 1. The molecule has 0 aromatic carbocycles. The Morgan fingerprint density at radius 1 is 1.50 bits per heavy atom. The fraction of sp³-hybridized carbons (Fsp3) is 0.667. The highest BCUT2D eigenvalue weighted by Crippen LogP contribution is 2.10. The Kier molecular flexibility index (Phi) is 5.62. The van der Waals surface area contributed by atoms with Gasteiger partial charge in [-0.25, -0.2) is 4.98 Å². The summed E-state index contributed by atoms with van der Waals surface area (Å²) in [5.74, 6) is 1.19. The van der Waals surface area contributed by atoms with Gasteiger partial charge < -0.3 is 15.2 Å². The highest BCUT2D eigenvalue weighted by atomic mass is 35.5. The fourth-order valence-electron chi connectivity index (χ4n) is 2.16. The number of hydrogen-bond acceptors (Lipinski definition) is 3. The molecule has 1 aliphatic heterocycles. The zero-order valence-electron chi connectivity index (χ0n) is 10.7. The lowest BCUT2D eigenvalue weighted by molar-refractivity contribution is -0.132. The van der Waals surface area contributed by atoms with E-state index >= 15 is 0 Å². The number of aryl methyl sites for hydroxylation is 2. The van der Waals surface area contributed by atoms with Crippen LogP contribution < -0.4 is 5.73 Å². The van der Waals surface area contributed by atoms with Crippen molar-refractivity contribution in [1.82, 2.24) is 14.5 Å². The summed E-state index contributed by atoms with van der Waals surface area (Å²) >= 11 is 0. The van der Waals surface area contributed by atoms with Crippen molar-refractivity contribution in [3.8, 4) is 0 Å². The highest BCUT2D eigenvalue weighted by molar-refractivity contribution is 5.85. The van der Waals surface area contributed by atoms with E-state index in [9.17, 15) is 4.79 Å². The Balaban J connectivity index is 0.00000162. The van der Waals surface area contributed by atoms with Gasteiger partial charge in [0.25, 0.3) is 0 Å². The summed E-state index contributed by atoms with van der Waals surface area (Å²) in [5, 5.41) is 0. The van der Waals surface area contributed by atoms with Crippen LogP contribution in [0, 0.1) is 0 Å². The molecule has 1 saturated heterocycles. The largest absolute Gasteiger partial charge is 0.343 e. The lowest BCUT2D eigenvalue weighted by atomic mass is 10.1. The van der Waals surface area contributed by atoms with E-state index < -0.39 is 0 Å². The zero-order valence-corrected chi connectivity index (χ0v) is 11.5. The van der Waals surface area contributed by atoms with Crippen molar-refractivity contribution in [1.29, 1.82) is 0 Å². The van der Waals surface area contributed by atoms with Gasteiger partial charge in [0.15, 0.2) is 0 Å². The molecule has 0 spiro atoms. The molecule has 1 aliphatic rings. The highest BCUT2D eigenvalue weighted by Gasteiger charge is 2.20. The number of aromatic nitrogens is 2. The maximum Gasteiger partial charge on any atom is 0.223 e. The number of hydrogen-bond donors (Lipinski definition) is 1. The molecule has 18 heavy (non-hydrogen) atoms. The monoisotopic (exact) mass is 272 g/mol. The van der Waals surface area contributed by atoms with Gasteiger partial charge in [0.1, 0.15) is 5.82 Å². The summed E-state index contributed by atoms with van der Waals surface area (Å²) in [6.07, 6.45) is 6.77. The van der Waals surface area contributed by atoms with Crippen LogP contribution in [0.4, 0.5) is 0 Å². The SMILES string of the molecule is Cl.Cn1ccnc1CCC(=O)N1CCC(N)CC1. The molecule has 2 rings (SSSR count). The first kappa shape index (κ1) is 15.0. The van der Waals surface area contributed by atoms with Crippen LogP contribution in [0.25, 0.3) is 0 Å². The van der Waals surface area contributed by atoms with Gasteiger partial charge in [-0.3, -0.25) is 4.79 Å². The molecule has 0 aliphatic carbocycles. The first-order valence-electron chi connectivity index (χ1n) is 6.16. The predicted molar refractivity (Wildman–Crippen MR) is 72.6 cm³/mol. The van der Waals surface area contributed by atoms with Crippen LogP contribution in [0.3, 0.4) is 0 Å². The molecular weight excluding hydrogens is 252 g/mol. The van der Waals surface area contributed by atoms with Crippen molar-refractivity contribution >= 4 is 18.3 Å². The van der Waals surface area contributed by atoms with Crippen LogP contribution in [0.2, 0.25) is 0 Å². The maximum absolute atomic E-state index is 12.0. The fourth-order valence-corrected chi connectivity index (χ4v) is 2.16. The number of piperidine rings is 1.